The predicted octanol–water partition coefficient (Wildman–Crippen LogP) is 0.865. The lowest BCUT2D eigenvalue weighted by atomic mass is 9.99. The van der Waals surface area contributed by atoms with Crippen LogP contribution >= 0.6 is 0 Å². The Hall–Kier alpha value is -4.52. The Morgan fingerprint density at radius 2 is 1.02 bits per heavy atom. The van der Waals surface area contributed by atoms with E-state index in [1.54, 1.807) is 36.0 Å². The lowest BCUT2D eigenvalue weighted by molar-refractivity contribution is -0.456. The number of nitrogens with zero attached hydrogens (tertiary/aromatic N) is 2. The van der Waals surface area contributed by atoms with E-state index in [1.807, 2.05) is 24.3 Å². The molecule has 0 atom stereocenters. The topological polar surface area (TPSA) is 275 Å². The quantitative estimate of drug-likeness (QED) is 0.0582. The Kier molecular flexibility index (Phi) is 12.0. The van der Waals surface area contributed by atoms with Crippen molar-refractivity contribution in [2.24, 2.45) is 0 Å². The molecule has 0 saturated heterocycles. The van der Waals surface area contributed by atoms with E-state index in [4.69, 9.17) is 0 Å². The van der Waals surface area contributed by atoms with Crippen molar-refractivity contribution in [2.45, 2.75) is 58.6 Å². The summed E-state index contributed by atoms with van der Waals surface area (Å²) in [6, 6.07) is 17.0. The Balaban J connectivity index is 1.58. The summed E-state index contributed by atoms with van der Waals surface area (Å²) in [7, 11) is -18.7. The van der Waals surface area contributed by atoms with Crippen molar-refractivity contribution >= 4 is 82.0 Å². The summed E-state index contributed by atoms with van der Waals surface area (Å²) in [5.41, 5.74) is 3.78. The zero-order valence-corrected chi connectivity index (χ0v) is 35.2. The average Bonchev–Trinajstić information content (AvgIpc) is 3.09. The van der Waals surface area contributed by atoms with Gasteiger partial charge in [-0.25, -0.2) is 4.99 Å². The molecule has 0 aliphatic carbocycles. The highest BCUT2D eigenvalue weighted by Crippen LogP contribution is 2.29. The molecule has 0 aromatic heterocycles. The largest absolute Gasteiger partial charge is 0.481 e. The van der Waals surface area contributed by atoms with Crippen LogP contribution in [0.15, 0.2) is 92.4 Å². The first-order chi connectivity index (χ1) is 26.2. The minimum absolute atomic E-state index is 0.0526. The smallest absolute Gasteiger partial charge is 0.303 e. The molecule has 0 bridgehead atoms. The maximum absolute atomic E-state index is 12.3. The molecule has 17 nitrogen and oxygen atoms in total. The summed E-state index contributed by atoms with van der Waals surface area (Å²) in [5.74, 6) is -0.949. The van der Waals surface area contributed by atoms with Gasteiger partial charge in [-0.3, -0.25) is 23.0 Å². The van der Waals surface area contributed by atoms with Crippen LogP contribution in [0.3, 0.4) is 0 Å². The number of rotatable bonds is 14. The lowest BCUT2D eigenvalue weighted by Gasteiger charge is -2.35. The zero-order valence-electron chi connectivity index (χ0n) is 30.9. The lowest BCUT2D eigenvalue weighted by Crippen LogP contribution is -2.77. The van der Waals surface area contributed by atoms with Crippen molar-refractivity contribution < 1.29 is 66.8 Å². The highest BCUT2D eigenvalue weighted by Gasteiger charge is 2.40. The fourth-order valence-corrected chi connectivity index (χ4v) is 12.5. The Morgan fingerprint density at radius 3 is 1.37 bits per heavy atom. The van der Waals surface area contributed by atoms with Crippen LogP contribution in [-0.4, -0.2) is 97.4 Å². The molecular weight excluding hydrogens is 843 g/mol. The Labute approximate surface area is 331 Å². The maximum atomic E-state index is 12.3. The summed E-state index contributed by atoms with van der Waals surface area (Å²) in [5, 5.41) is 11.1. The summed E-state index contributed by atoms with van der Waals surface area (Å²) < 4.78 is 135. The van der Waals surface area contributed by atoms with E-state index < -0.39 is 74.1 Å². The van der Waals surface area contributed by atoms with Gasteiger partial charge in [0.15, 0.2) is 0 Å². The van der Waals surface area contributed by atoms with Crippen LogP contribution < -0.4 is 25.2 Å². The molecule has 1 heterocycles. The van der Waals surface area contributed by atoms with Gasteiger partial charge in [0.1, 0.15) is 24.4 Å². The SMILES string of the molecule is CN(Cc1ccc(S(=O)(=O)O)cc1S(=O)(=O)O)c1ccc2c(c1)[Si](C)(C)c1cc(N(C)Cc3ccc(S(=O)(=O)O)cc3S(=O)(=O)O)ccc1C2=[NH+]CCCC(=O)O. The van der Waals surface area contributed by atoms with Gasteiger partial charge in [-0.2, -0.15) is 33.7 Å². The van der Waals surface area contributed by atoms with E-state index in [-0.39, 0.29) is 30.6 Å². The first-order valence-electron chi connectivity index (χ1n) is 16.9. The van der Waals surface area contributed by atoms with Crippen LogP contribution in [0.5, 0.6) is 0 Å². The molecule has 0 radical (unpaired) electrons. The van der Waals surface area contributed by atoms with Crippen molar-refractivity contribution in [3.8, 4) is 0 Å². The number of carbonyl (C=O) groups is 1. The van der Waals surface area contributed by atoms with Crippen molar-refractivity contribution in [3.63, 3.8) is 0 Å². The van der Waals surface area contributed by atoms with Gasteiger partial charge < -0.3 is 14.9 Å². The van der Waals surface area contributed by atoms with Crippen molar-refractivity contribution in [1.82, 2.24) is 0 Å². The molecule has 57 heavy (non-hydrogen) atoms. The maximum Gasteiger partial charge on any atom is 0.303 e. The molecular formula is C35H40N3O14S4Si+. The van der Waals surface area contributed by atoms with Crippen molar-refractivity contribution in [2.75, 3.05) is 30.4 Å². The number of hydrogen-bond donors (Lipinski definition) is 6. The van der Waals surface area contributed by atoms with Gasteiger partial charge in [0.05, 0.1) is 16.2 Å². The summed E-state index contributed by atoms with van der Waals surface area (Å²) >= 11 is 0. The number of benzene rings is 4. The van der Waals surface area contributed by atoms with Crippen molar-refractivity contribution in [3.05, 3.63) is 95.1 Å². The van der Waals surface area contributed by atoms with Crippen LogP contribution in [0, 0.1) is 0 Å². The molecule has 6 N–H and O–H groups in total. The third-order valence-corrected chi connectivity index (χ3v) is 16.8. The van der Waals surface area contributed by atoms with Gasteiger partial charge in [-0.15, -0.1) is 0 Å². The first-order valence-corrected chi connectivity index (χ1v) is 25.7. The normalized spacial score (nSPS) is 14.1. The Morgan fingerprint density at radius 1 is 0.614 bits per heavy atom. The van der Waals surface area contributed by atoms with Gasteiger partial charge >= 0.3 is 5.97 Å². The second-order valence-corrected chi connectivity index (χ2v) is 24.0. The van der Waals surface area contributed by atoms with Crippen LogP contribution in [0.4, 0.5) is 11.4 Å². The van der Waals surface area contributed by atoms with E-state index in [2.05, 4.69) is 18.1 Å². The molecule has 4 aromatic carbocycles. The van der Waals surface area contributed by atoms with E-state index in [9.17, 15) is 61.8 Å². The second-order valence-electron chi connectivity index (χ2n) is 14.0. The monoisotopic (exact) mass is 882 g/mol. The molecule has 306 valence electrons. The van der Waals surface area contributed by atoms with Crippen LogP contribution in [0.2, 0.25) is 13.1 Å². The number of nitrogens with one attached hydrogen (secondary N) is 1. The third-order valence-electron chi connectivity index (χ3n) is 9.69. The molecule has 22 heteroatoms. The van der Waals surface area contributed by atoms with E-state index >= 15 is 0 Å². The molecule has 0 saturated carbocycles. The van der Waals surface area contributed by atoms with Gasteiger partial charge in [0, 0.05) is 56.1 Å². The minimum Gasteiger partial charge on any atom is -0.481 e. The van der Waals surface area contributed by atoms with Gasteiger partial charge in [-0.1, -0.05) is 25.2 Å². The van der Waals surface area contributed by atoms with Crippen LogP contribution in [-0.2, 0) is 58.4 Å². The molecule has 0 unspecified atom stereocenters. The number of aliphatic carboxylic acids is 1. The third kappa shape index (κ3) is 9.62. The highest BCUT2D eigenvalue weighted by atomic mass is 32.2. The fourth-order valence-electron chi connectivity index (χ4n) is 6.77. The second kappa shape index (κ2) is 15.7. The van der Waals surface area contributed by atoms with Crippen LogP contribution in [0.25, 0.3) is 0 Å². The molecule has 1 aliphatic heterocycles. The molecule has 1 aliphatic rings. The van der Waals surface area contributed by atoms with E-state index in [1.165, 1.54) is 12.1 Å². The summed E-state index contributed by atoms with van der Waals surface area (Å²) in [4.78, 5) is 15.3. The standard InChI is InChI=1S/C35H39N3O14S4Si/c1-37(20-22-7-11-26(53(41,42)43)18-30(22)55(47,48)49)24-9-13-28-32(16-24)57(3,4)33-17-25(10-14-29(33)35(28)36-15-5-6-34(39)40)38(2)21-23-8-12-27(54(44,45)46)19-31(23)56(50,51)52/h7-14,16-19H,5-6,15,20-21H2,1-4H3,(H,39,40)(H,41,42,43)(H,44,45,46)(H,47,48,49)(H,50,51,52)/p+1. The highest BCUT2D eigenvalue weighted by molar-refractivity contribution is 7.87. The first kappa shape index (κ1) is 43.6. The number of anilines is 2. The number of carboxylic acid groups (broad SMARTS) is 1. The molecule has 4 aromatic rings. The molecule has 0 fully saturated rings. The predicted molar refractivity (Wildman–Crippen MR) is 212 cm³/mol. The van der Waals surface area contributed by atoms with Gasteiger partial charge in [-0.05, 0) is 82.2 Å². The van der Waals surface area contributed by atoms with Crippen molar-refractivity contribution in [1.29, 1.82) is 0 Å². The number of hydrogen-bond acceptors (Lipinski definition) is 11. The summed E-state index contributed by atoms with van der Waals surface area (Å²) in [6.07, 6.45) is 0.256. The minimum atomic E-state index is -4.91. The number of carboxylic acids is 1. The van der Waals surface area contributed by atoms with Gasteiger partial charge in [0.25, 0.3) is 40.5 Å². The molecule has 5 rings (SSSR count). The zero-order chi connectivity index (χ0) is 42.5. The fraction of sp³-hybridized carbons (Fsp3) is 0.257. The van der Waals surface area contributed by atoms with E-state index in [0.29, 0.717) is 36.5 Å². The Bertz CT molecular complexity index is 2600. The summed E-state index contributed by atoms with van der Waals surface area (Å²) in [6.45, 7) is 4.33. The molecule has 0 spiro atoms. The van der Waals surface area contributed by atoms with Gasteiger partial charge in [0.2, 0.25) is 5.71 Å². The molecule has 0 amide bonds. The average molecular weight is 883 g/mol. The number of fused-ring (bicyclic) bond motifs is 2. The van der Waals surface area contributed by atoms with E-state index in [0.717, 1.165) is 39.3 Å². The van der Waals surface area contributed by atoms with Crippen LogP contribution in [0.1, 0.15) is 35.1 Å².